The Bertz CT molecular complexity index is 568. The Labute approximate surface area is 112 Å². The summed E-state index contributed by atoms with van der Waals surface area (Å²) in [7, 11) is 1.38. The van der Waals surface area contributed by atoms with Gasteiger partial charge in [-0.1, -0.05) is 12.1 Å². The van der Waals surface area contributed by atoms with Crippen molar-refractivity contribution < 1.29 is 9.53 Å². The van der Waals surface area contributed by atoms with Crippen LogP contribution in [0.25, 0.3) is 0 Å². The molecule has 2 aromatic rings. The number of benzene rings is 1. The van der Waals surface area contributed by atoms with Gasteiger partial charge in [0.1, 0.15) is 0 Å². The van der Waals surface area contributed by atoms with E-state index in [9.17, 15) is 4.79 Å². The molecule has 1 N–H and O–H groups in total. The zero-order valence-electron chi connectivity index (χ0n) is 11.0. The third-order valence-electron chi connectivity index (χ3n) is 2.86. The van der Waals surface area contributed by atoms with E-state index < -0.39 is 0 Å². The summed E-state index contributed by atoms with van der Waals surface area (Å²) in [4.78, 5) is 15.6. The molecule has 98 valence electrons. The molecule has 0 aliphatic rings. The maximum absolute atomic E-state index is 11.5. The van der Waals surface area contributed by atoms with E-state index in [0.717, 1.165) is 16.8 Å². The van der Waals surface area contributed by atoms with Crippen LogP contribution in [0, 0.1) is 6.92 Å². The number of pyridine rings is 1. The molecular weight excluding hydrogens is 240 g/mol. The lowest BCUT2D eigenvalue weighted by atomic mass is 10.1. The molecule has 1 aromatic heterocycles. The van der Waals surface area contributed by atoms with Crippen LogP contribution in [0.3, 0.4) is 0 Å². The molecule has 0 aliphatic carbocycles. The first-order chi connectivity index (χ1) is 9.20. The Morgan fingerprint density at radius 1 is 1.37 bits per heavy atom. The van der Waals surface area contributed by atoms with Crippen LogP contribution in [-0.2, 0) is 11.3 Å². The maximum Gasteiger partial charge on any atom is 0.337 e. The van der Waals surface area contributed by atoms with Crippen LogP contribution < -0.4 is 5.32 Å². The van der Waals surface area contributed by atoms with Gasteiger partial charge in [0.25, 0.3) is 0 Å². The Morgan fingerprint density at radius 2 is 2.21 bits per heavy atom. The summed E-state index contributed by atoms with van der Waals surface area (Å²) in [6, 6.07) is 9.36. The van der Waals surface area contributed by atoms with Crippen molar-refractivity contribution in [2.24, 2.45) is 0 Å². The number of methoxy groups -OCH3 is 1. The van der Waals surface area contributed by atoms with Crippen LogP contribution in [0.5, 0.6) is 0 Å². The van der Waals surface area contributed by atoms with E-state index in [4.69, 9.17) is 4.74 Å². The number of hydrogen-bond donors (Lipinski definition) is 1. The maximum atomic E-state index is 11.5. The summed E-state index contributed by atoms with van der Waals surface area (Å²) in [5.41, 5.74) is 3.63. The predicted octanol–water partition coefficient (Wildman–Crippen LogP) is 2.79. The molecule has 0 bridgehead atoms. The third kappa shape index (κ3) is 3.31. The highest BCUT2D eigenvalue weighted by Crippen LogP contribution is 2.18. The second kappa shape index (κ2) is 6.00. The van der Waals surface area contributed by atoms with Gasteiger partial charge in [-0.25, -0.2) is 4.79 Å². The van der Waals surface area contributed by atoms with E-state index in [1.165, 1.54) is 7.11 Å². The molecule has 0 atom stereocenters. The number of carbonyl (C=O) groups is 1. The molecule has 0 saturated carbocycles. The van der Waals surface area contributed by atoms with Crippen molar-refractivity contribution in [1.29, 1.82) is 0 Å². The number of aryl methyl sites for hydroxylation is 1. The van der Waals surface area contributed by atoms with Gasteiger partial charge < -0.3 is 10.1 Å². The largest absolute Gasteiger partial charge is 0.465 e. The highest BCUT2D eigenvalue weighted by molar-refractivity contribution is 5.90. The van der Waals surface area contributed by atoms with Crippen molar-refractivity contribution in [3.8, 4) is 0 Å². The average molecular weight is 256 g/mol. The molecule has 0 aliphatic heterocycles. The predicted molar refractivity (Wildman–Crippen MR) is 74.1 cm³/mol. The van der Waals surface area contributed by atoms with Crippen LogP contribution in [0.1, 0.15) is 21.5 Å². The topological polar surface area (TPSA) is 51.2 Å². The fourth-order valence-electron chi connectivity index (χ4n) is 1.76. The van der Waals surface area contributed by atoms with E-state index >= 15 is 0 Å². The summed E-state index contributed by atoms with van der Waals surface area (Å²) in [5, 5.41) is 3.30. The van der Waals surface area contributed by atoms with Gasteiger partial charge in [0.15, 0.2) is 0 Å². The number of nitrogens with one attached hydrogen (secondary N) is 1. The van der Waals surface area contributed by atoms with Gasteiger partial charge in [-0.2, -0.15) is 0 Å². The van der Waals surface area contributed by atoms with Crippen molar-refractivity contribution in [1.82, 2.24) is 4.98 Å². The van der Waals surface area contributed by atoms with Crippen molar-refractivity contribution >= 4 is 11.7 Å². The van der Waals surface area contributed by atoms with Gasteiger partial charge in [-0.3, -0.25) is 4.98 Å². The van der Waals surface area contributed by atoms with E-state index in [1.54, 1.807) is 18.3 Å². The highest BCUT2D eigenvalue weighted by atomic mass is 16.5. The van der Waals surface area contributed by atoms with Gasteiger partial charge in [-0.05, 0) is 36.2 Å². The molecular formula is C15H16N2O2. The van der Waals surface area contributed by atoms with Crippen molar-refractivity contribution in [2.45, 2.75) is 13.5 Å². The first-order valence-electron chi connectivity index (χ1n) is 6.02. The van der Waals surface area contributed by atoms with Gasteiger partial charge in [0.05, 0.1) is 12.7 Å². The lowest BCUT2D eigenvalue weighted by molar-refractivity contribution is 0.0601. The molecule has 0 unspecified atom stereocenters. The minimum atomic E-state index is -0.329. The Balaban J connectivity index is 2.13. The summed E-state index contributed by atoms with van der Waals surface area (Å²) in [5.74, 6) is -0.329. The Morgan fingerprint density at radius 3 is 2.89 bits per heavy atom. The number of carbonyl (C=O) groups excluding carboxylic acids is 1. The van der Waals surface area contributed by atoms with Gasteiger partial charge in [-0.15, -0.1) is 0 Å². The average Bonchev–Trinajstić information content (AvgIpc) is 2.46. The van der Waals surface area contributed by atoms with Crippen molar-refractivity contribution in [3.05, 3.63) is 59.4 Å². The number of hydrogen-bond acceptors (Lipinski definition) is 4. The van der Waals surface area contributed by atoms with E-state index in [2.05, 4.69) is 10.3 Å². The number of anilines is 1. The molecule has 0 amide bonds. The number of ether oxygens (including phenoxy) is 1. The van der Waals surface area contributed by atoms with Crippen LogP contribution >= 0.6 is 0 Å². The fourth-order valence-corrected chi connectivity index (χ4v) is 1.76. The van der Waals surface area contributed by atoms with Crippen molar-refractivity contribution in [2.75, 3.05) is 12.4 Å². The van der Waals surface area contributed by atoms with E-state index in [1.807, 2.05) is 31.3 Å². The molecule has 0 fully saturated rings. The zero-order chi connectivity index (χ0) is 13.7. The minimum Gasteiger partial charge on any atom is -0.465 e. The van der Waals surface area contributed by atoms with Crippen LogP contribution in [0.15, 0.2) is 42.7 Å². The van der Waals surface area contributed by atoms with Crippen LogP contribution in [-0.4, -0.2) is 18.1 Å². The number of aromatic nitrogens is 1. The minimum absolute atomic E-state index is 0.329. The number of nitrogens with zero attached hydrogens (tertiary/aromatic N) is 1. The lowest BCUT2D eigenvalue weighted by Crippen LogP contribution is -2.05. The molecule has 19 heavy (non-hydrogen) atoms. The highest BCUT2D eigenvalue weighted by Gasteiger charge is 2.07. The third-order valence-corrected chi connectivity index (χ3v) is 2.86. The molecule has 1 heterocycles. The van der Waals surface area contributed by atoms with Gasteiger partial charge in [0, 0.05) is 24.6 Å². The second-order valence-corrected chi connectivity index (χ2v) is 4.24. The quantitative estimate of drug-likeness (QED) is 0.855. The molecule has 0 spiro atoms. The molecule has 0 saturated heterocycles. The second-order valence-electron chi connectivity index (χ2n) is 4.24. The first-order valence-corrected chi connectivity index (χ1v) is 6.02. The van der Waals surface area contributed by atoms with E-state index in [-0.39, 0.29) is 5.97 Å². The first kappa shape index (κ1) is 13.1. The molecule has 4 nitrogen and oxygen atoms in total. The van der Waals surface area contributed by atoms with Gasteiger partial charge in [0.2, 0.25) is 0 Å². The molecule has 4 heteroatoms. The standard InChI is InChI=1S/C15H16N2O2/c1-11-5-6-13(15(18)19-2)8-14(11)17-10-12-4-3-7-16-9-12/h3-9,17H,10H2,1-2H3. The zero-order valence-corrected chi connectivity index (χ0v) is 11.0. The van der Waals surface area contributed by atoms with Crippen molar-refractivity contribution in [3.63, 3.8) is 0 Å². The summed E-state index contributed by atoms with van der Waals surface area (Å²) >= 11 is 0. The smallest absolute Gasteiger partial charge is 0.337 e. The fraction of sp³-hybridized carbons (Fsp3) is 0.200. The Kier molecular flexibility index (Phi) is 4.13. The number of rotatable bonds is 4. The van der Waals surface area contributed by atoms with Crippen LogP contribution in [0.4, 0.5) is 5.69 Å². The summed E-state index contributed by atoms with van der Waals surface area (Å²) in [6.07, 6.45) is 3.55. The molecule has 1 aromatic carbocycles. The van der Waals surface area contributed by atoms with Crippen LogP contribution in [0.2, 0.25) is 0 Å². The molecule has 0 radical (unpaired) electrons. The summed E-state index contributed by atoms with van der Waals surface area (Å²) < 4.78 is 4.72. The SMILES string of the molecule is COC(=O)c1ccc(C)c(NCc2cccnc2)c1. The lowest BCUT2D eigenvalue weighted by Gasteiger charge is -2.11. The van der Waals surface area contributed by atoms with Gasteiger partial charge >= 0.3 is 5.97 Å². The van der Waals surface area contributed by atoms with E-state index in [0.29, 0.717) is 12.1 Å². The monoisotopic (exact) mass is 256 g/mol. The Hall–Kier alpha value is -2.36. The summed E-state index contributed by atoms with van der Waals surface area (Å²) in [6.45, 7) is 2.66. The number of esters is 1. The molecule has 2 rings (SSSR count). The normalized spacial score (nSPS) is 10.0.